The molecule has 0 aromatic heterocycles. The number of para-hydroxylation sites is 1. The number of methoxy groups -OCH3 is 2. The fourth-order valence-corrected chi connectivity index (χ4v) is 2.69. The van der Waals surface area contributed by atoms with Crippen LogP contribution in [0.3, 0.4) is 0 Å². The summed E-state index contributed by atoms with van der Waals surface area (Å²) < 4.78 is 22.9. The minimum absolute atomic E-state index is 0.477. The van der Waals surface area contributed by atoms with Gasteiger partial charge in [-0.25, -0.2) is 0 Å². The Hall–Kier alpha value is -1.59. The molecule has 4 nitrogen and oxygen atoms in total. The predicted octanol–water partition coefficient (Wildman–Crippen LogP) is 4.97. The molecule has 0 saturated carbocycles. The van der Waals surface area contributed by atoms with Gasteiger partial charge in [0.2, 0.25) is 5.75 Å². The molecule has 6 heteroatoms. The molecule has 0 heterocycles. The van der Waals surface area contributed by atoms with Gasteiger partial charge in [-0.3, -0.25) is 0 Å². The van der Waals surface area contributed by atoms with Gasteiger partial charge < -0.3 is 18.9 Å². The summed E-state index contributed by atoms with van der Waals surface area (Å²) in [6.45, 7) is 0.976. The molecule has 2 aromatic carbocycles. The van der Waals surface area contributed by atoms with E-state index in [0.29, 0.717) is 47.7 Å². The second kappa shape index (κ2) is 8.89. The fourth-order valence-electron chi connectivity index (χ4n) is 1.97. The molecule has 2 rings (SSSR count). The summed E-state index contributed by atoms with van der Waals surface area (Å²) in [6, 6.07) is 11.0. The molecule has 0 fully saturated rings. The second-order valence-electron chi connectivity index (χ2n) is 4.62. The lowest BCUT2D eigenvalue weighted by Crippen LogP contribution is -2.06. The van der Waals surface area contributed by atoms with Crippen molar-refractivity contribution < 1.29 is 18.9 Å². The maximum Gasteiger partial charge on any atom is 0.203 e. The highest BCUT2D eigenvalue weighted by Crippen LogP contribution is 2.36. The molecule has 0 spiro atoms. The molecule has 2 aromatic rings. The van der Waals surface area contributed by atoms with Crippen molar-refractivity contribution >= 4 is 27.5 Å². The van der Waals surface area contributed by atoms with Crippen molar-refractivity contribution in [1.82, 2.24) is 0 Å². The Morgan fingerprint density at radius 3 is 2.17 bits per heavy atom. The normalized spacial score (nSPS) is 10.3. The standard InChI is InChI=1S/C17H18BrClO4/c1-20-15-5-3-6-16(21-2)17(15)23-10-4-9-22-14-8-7-12(18)11-13(14)19/h3,5-8,11H,4,9-10H2,1-2H3. The van der Waals surface area contributed by atoms with Crippen LogP contribution in [0.5, 0.6) is 23.0 Å². The van der Waals surface area contributed by atoms with Crippen molar-refractivity contribution in [3.8, 4) is 23.0 Å². The summed E-state index contributed by atoms with van der Waals surface area (Å²) in [4.78, 5) is 0. The topological polar surface area (TPSA) is 36.9 Å². The summed E-state index contributed by atoms with van der Waals surface area (Å²) >= 11 is 9.46. The van der Waals surface area contributed by atoms with Gasteiger partial charge in [0.1, 0.15) is 5.75 Å². The van der Waals surface area contributed by atoms with E-state index in [2.05, 4.69) is 15.9 Å². The molecular formula is C17H18BrClO4. The zero-order valence-corrected chi connectivity index (χ0v) is 15.3. The Morgan fingerprint density at radius 2 is 1.57 bits per heavy atom. The van der Waals surface area contributed by atoms with E-state index in [9.17, 15) is 0 Å². The zero-order chi connectivity index (χ0) is 16.7. The van der Waals surface area contributed by atoms with E-state index < -0.39 is 0 Å². The van der Waals surface area contributed by atoms with Gasteiger partial charge in [0.05, 0.1) is 32.5 Å². The molecule has 0 radical (unpaired) electrons. The highest BCUT2D eigenvalue weighted by molar-refractivity contribution is 9.10. The first-order valence-electron chi connectivity index (χ1n) is 7.07. The summed E-state index contributed by atoms with van der Waals surface area (Å²) in [5.41, 5.74) is 0. The Morgan fingerprint density at radius 1 is 0.913 bits per heavy atom. The van der Waals surface area contributed by atoms with Crippen molar-refractivity contribution in [2.75, 3.05) is 27.4 Å². The Kier molecular flexibility index (Phi) is 6.86. The molecule has 0 unspecified atom stereocenters. The number of rotatable bonds is 8. The van der Waals surface area contributed by atoms with E-state index in [4.69, 9.17) is 30.5 Å². The van der Waals surface area contributed by atoms with Crippen LogP contribution in [-0.4, -0.2) is 27.4 Å². The molecule has 0 aliphatic rings. The third-order valence-electron chi connectivity index (χ3n) is 3.07. The van der Waals surface area contributed by atoms with Crippen molar-refractivity contribution in [3.63, 3.8) is 0 Å². The van der Waals surface area contributed by atoms with Gasteiger partial charge in [0.25, 0.3) is 0 Å². The van der Waals surface area contributed by atoms with Crippen LogP contribution in [0, 0.1) is 0 Å². The lowest BCUT2D eigenvalue weighted by molar-refractivity contribution is 0.232. The molecule has 0 N–H and O–H groups in total. The monoisotopic (exact) mass is 400 g/mol. The van der Waals surface area contributed by atoms with Gasteiger partial charge in [-0.2, -0.15) is 0 Å². The Balaban J connectivity index is 1.84. The van der Waals surface area contributed by atoms with Gasteiger partial charge in [0, 0.05) is 10.9 Å². The summed E-state index contributed by atoms with van der Waals surface area (Å²) in [7, 11) is 3.19. The highest BCUT2D eigenvalue weighted by atomic mass is 79.9. The molecule has 23 heavy (non-hydrogen) atoms. The lowest BCUT2D eigenvalue weighted by atomic mass is 10.3. The van der Waals surface area contributed by atoms with Gasteiger partial charge in [-0.05, 0) is 30.3 Å². The number of hydrogen-bond donors (Lipinski definition) is 0. The number of hydrogen-bond acceptors (Lipinski definition) is 4. The van der Waals surface area contributed by atoms with Crippen molar-refractivity contribution in [1.29, 1.82) is 0 Å². The minimum Gasteiger partial charge on any atom is -0.493 e. The van der Waals surface area contributed by atoms with Crippen molar-refractivity contribution in [2.45, 2.75) is 6.42 Å². The van der Waals surface area contributed by atoms with Gasteiger partial charge >= 0.3 is 0 Å². The van der Waals surface area contributed by atoms with Crippen LogP contribution in [0.4, 0.5) is 0 Å². The third kappa shape index (κ3) is 4.94. The average molecular weight is 402 g/mol. The quantitative estimate of drug-likeness (QED) is 0.585. The average Bonchev–Trinajstić information content (AvgIpc) is 2.56. The summed E-state index contributed by atoms with van der Waals surface area (Å²) in [5.74, 6) is 2.53. The first-order chi connectivity index (χ1) is 11.2. The van der Waals surface area contributed by atoms with Gasteiger partial charge in [-0.15, -0.1) is 0 Å². The number of halogens is 2. The second-order valence-corrected chi connectivity index (χ2v) is 5.94. The summed E-state index contributed by atoms with van der Waals surface area (Å²) in [5, 5.41) is 0.576. The van der Waals surface area contributed by atoms with Crippen LogP contribution < -0.4 is 18.9 Å². The molecule has 0 saturated heterocycles. The highest BCUT2D eigenvalue weighted by Gasteiger charge is 2.11. The molecule has 0 amide bonds. The van der Waals surface area contributed by atoms with Crippen LogP contribution in [0.15, 0.2) is 40.9 Å². The van der Waals surface area contributed by atoms with E-state index >= 15 is 0 Å². The lowest BCUT2D eigenvalue weighted by Gasteiger charge is -2.14. The van der Waals surface area contributed by atoms with Crippen LogP contribution in [-0.2, 0) is 0 Å². The Labute approximate surface area is 149 Å². The van der Waals surface area contributed by atoms with E-state index in [0.717, 1.165) is 4.47 Å². The molecule has 0 aliphatic carbocycles. The number of benzene rings is 2. The van der Waals surface area contributed by atoms with E-state index in [1.165, 1.54) is 0 Å². The smallest absolute Gasteiger partial charge is 0.203 e. The first kappa shape index (κ1) is 17.8. The minimum atomic E-state index is 0.477. The first-order valence-corrected chi connectivity index (χ1v) is 8.24. The zero-order valence-electron chi connectivity index (χ0n) is 13.0. The van der Waals surface area contributed by atoms with Gasteiger partial charge in [0.15, 0.2) is 11.5 Å². The molecule has 0 atom stereocenters. The van der Waals surface area contributed by atoms with Crippen LogP contribution in [0.1, 0.15) is 6.42 Å². The molecule has 0 bridgehead atoms. The van der Waals surface area contributed by atoms with E-state index in [1.54, 1.807) is 20.3 Å². The van der Waals surface area contributed by atoms with E-state index in [-0.39, 0.29) is 0 Å². The van der Waals surface area contributed by atoms with E-state index in [1.807, 2.05) is 30.3 Å². The van der Waals surface area contributed by atoms with Crippen molar-refractivity contribution in [3.05, 3.63) is 45.9 Å². The van der Waals surface area contributed by atoms with Crippen LogP contribution >= 0.6 is 27.5 Å². The maximum atomic E-state index is 6.10. The van der Waals surface area contributed by atoms with Crippen LogP contribution in [0.25, 0.3) is 0 Å². The maximum absolute atomic E-state index is 6.10. The van der Waals surface area contributed by atoms with Crippen LogP contribution in [0.2, 0.25) is 5.02 Å². The van der Waals surface area contributed by atoms with Crippen molar-refractivity contribution in [2.24, 2.45) is 0 Å². The van der Waals surface area contributed by atoms with Gasteiger partial charge in [-0.1, -0.05) is 33.6 Å². The Bertz CT molecular complexity index is 626. The number of ether oxygens (including phenoxy) is 4. The molecule has 0 aliphatic heterocycles. The third-order valence-corrected chi connectivity index (χ3v) is 3.86. The SMILES string of the molecule is COc1cccc(OC)c1OCCCOc1ccc(Br)cc1Cl. The fraction of sp³-hybridized carbons (Fsp3) is 0.294. The molecule has 124 valence electrons. The molecular weight excluding hydrogens is 384 g/mol. The summed E-state index contributed by atoms with van der Waals surface area (Å²) in [6.07, 6.45) is 0.702. The predicted molar refractivity (Wildman–Crippen MR) is 94.3 cm³/mol. The largest absolute Gasteiger partial charge is 0.493 e.